The van der Waals surface area contributed by atoms with E-state index in [4.69, 9.17) is 0 Å². The van der Waals surface area contributed by atoms with Crippen molar-refractivity contribution < 1.29 is 19.6 Å². The van der Waals surface area contributed by atoms with E-state index >= 15 is 0 Å². The third-order valence-electron chi connectivity index (χ3n) is 4.23. The second-order valence-electron chi connectivity index (χ2n) is 5.65. The van der Waals surface area contributed by atoms with Crippen molar-refractivity contribution in [3.8, 4) is 5.75 Å². The molecule has 7 heteroatoms. The molecule has 0 unspecified atom stereocenters. The lowest BCUT2D eigenvalue weighted by molar-refractivity contribution is -0.384. The first-order valence-electron chi connectivity index (χ1n) is 6.91. The number of carbonyl (C=O) groups is 2. The first kappa shape index (κ1) is 14.2. The molecule has 114 valence electrons. The zero-order valence-corrected chi connectivity index (χ0v) is 11.9. The standard InChI is InChI=1S/C15H14N2O5/c1-8-2-4-10-11(6-8)15(20)16(14(10)19)12-5-3-9(17(21)22)7-13(12)18/h2-3,5,7,10-11,18H,4,6H2,1H3/t10-,11+/m0/s1. The Morgan fingerprint density at radius 3 is 2.59 bits per heavy atom. The maximum absolute atomic E-state index is 12.5. The Morgan fingerprint density at radius 1 is 1.27 bits per heavy atom. The van der Waals surface area contributed by atoms with E-state index < -0.39 is 22.5 Å². The molecule has 0 radical (unpaired) electrons. The van der Waals surface area contributed by atoms with Crippen molar-refractivity contribution in [1.29, 1.82) is 0 Å². The number of nitro benzene ring substituents is 1. The highest BCUT2D eigenvalue weighted by molar-refractivity contribution is 6.22. The Labute approximate surface area is 126 Å². The van der Waals surface area contributed by atoms with E-state index in [9.17, 15) is 24.8 Å². The van der Waals surface area contributed by atoms with Gasteiger partial charge in [-0.3, -0.25) is 19.7 Å². The van der Waals surface area contributed by atoms with Gasteiger partial charge in [-0.2, -0.15) is 0 Å². The number of anilines is 1. The first-order valence-corrected chi connectivity index (χ1v) is 6.91. The van der Waals surface area contributed by atoms with Crippen molar-refractivity contribution in [2.24, 2.45) is 11.8 Å². The minimum Gasteiger partial charge on any atom is -0.505 e. The van der Waals surface area contributed by atoms with Crippen LogP contribution in [0.2, 0.25) is 0 Å². The van der Waals surface area contributed by atoms with Gasteiger partial charge in [0.15, 0.2) is 0 Å². The van der Waals surface area contributed by atoms with Crippen molar-refractivity contribution in [3.05, 3.63) is 40.0 Å². The summed E-state index contributed by atoms with van der Waals surface area (Å²) < 4.78 is 0. The molecule has 2 aliphatic rings. The number of nitro groups is 1. The molecule has 22 heavy (non-hydrogen) atoms. The highest BCUT2D eigenvalue weighted by atomic mass is 16.6. The summed E-state index contributed by atoms with van der Waals surface area (Å²) in [5.74, 6) is -1.98. The molecule has 1 aromatic rings. The third kappa shape index (κ3) is 2.05. The van der Waals surface area contributed by atoms with Crippen LogP contribution in [0.25, 0.3) is 0 Å². The average molecular weight is 302 g/mol. The molecule has 1 N–H and O–H groups in total. The van der Waals surface area contributed by atoms with Gasteiger partial charge in [-0.05, 0) is 25.8 Å². The van der Waals surface area contributed by atoms with Crippen LogP contribution in [-0.2, 0) is 9.59 Å². The molecule has 0 aromatic heterocycles. The van der Waals surface area contributed by atoms with Crippen LogP contribution < -0.4 is 4.90 Å². The van der Waals surface area contributed by atoms with Gasteiger partial charge in [-0.15, -0.1) is 0 Å². The minimum atomic E-state index is -0.649. The fourth-order valence-corrected chi connectivity index (χ4v) is 3.09. The molecule has 1 aromatic carbocycles. The van der Waals surface area contributed by atoms with Crippen LogP contribution in [0.4, 0.5) is 11.4 Å². The number of phenols is 1. The smallest absolute Gasteiger partial charge is 0.273 e. The van der Waals surface area contributed by atoms with Gasteiger partial charge in [-0.25, -0.2) is 4.90 Å². The Hall–Kier alpha value is -2.70. The number of nitrogens with zero attached hydrogens (tertiary/aromatic N) is 2. The summed E-state index contributed by atoms with van der Waals surface area (Å²) in [6, 6.07) is 3.35. The number of hydrogen-bond acceptors (Lipinski definition) is 5. The van der Waals surface area contributed by atoms with E-state index in [-0.39, 0.29) is 23.2 Å². The van der Waals surface area contributed by atoms with Gasteiger partial charge in [0, 0.05) is 6.07 Å². The summed E-state index contributed by atoms with van der Waals surface area (Å²) in [4.78, 5) is 36.0. The van der Waals surface area contributed by atoms with Crippen LogP contribution in [0.5, 0.6) is 5.75 Å². The normalized spacial score (nSPS) is 24.2. The second-order valence-corrected chi connectivity index (χ2v) is 5.65. The van der Waals surface area contributed by atoms with E-state index in [1.54, 1.807) is 0 Å². The van der Waals surface area contributed by atoms with E-state index in [2.05, 4.69) is 0 Å². The molecule has 3 rings (SSSR count). The molecule has 2 amide bonds. The molecular weight excluding hydrogens is 288 g/mol. The number of non-ortho nitro benzene ring substituents is 1. The topological polar surface area (TPSA) is 101 Å². The van der Waals surface area contributed by atoms with Crippen LogP contribution in [-0.4, -0.2) is 21.8 Å². The molecule has 0 bridgehead atoms. The van der Waals surface area contributed by atoms with Crippen LogP contribution in [0, 0.1) is 22.0 Å². The summed E-state index contributed by atoms with van der Waals surface area (Å²) >= 11 is 0. The van der Waals surface area contributed by atoms with Crippen molar-refractivity contribution >= 4 is 23.2 Å². The number of amides is 2. The van der Waals surface area contributed by atoms with Crippen LogP contribution >= 0.6 is 0 Å². The summed E-state index contributed by atoms with van der Waals surface area (Å²) in [5, 5.41) is 20.7. The Kier molecular flexibility index (Phi) is 3.20. The molecule has 1 aliphatic heterocycles. The number of fused-ring (bicyclic) bond motifs is 1. The van der Waals surface area contributed by atoms with Crippen molar-refractivity contribution in [2.45, 2.75) is 19.8 Å². The molecule has 7 nitrogen and oxygen atoms in total. The molecule has 1 saturated heterocycles. The first-order chi connectivity index (χ1) is 10.4. The van der Waals surface area contributed by atoms with E-state index in [1.807, 2.05) is 13.0 Å². The third-order valence-corrected chi connectivity index (χ3v) is 4.23. The maximum Gasteiger partial charge on any atom is 0.273 e. The van der Waals surface area contributed by atoms with Crippen molar-refractivity contribution in [1.82, 2.24) is 0 Å². The summed E-state index contributed by atoms with van der Waals surface area (Å²) in [7, 11) is 0. The number of imide groups is 1. The van der Waals surface area contributed by atoms with E-state index in [0.717, 1.165) is 16.5 Å². The van der Waals surface area contributed by atoms with Crippen LogP contribution in [0.15, 0.2) is 29.8 Å². The highest BCUT2D eigenvalue weighted by Gasteiger charge is 2.49. The van der Waals surface area contributed by atoms with Gasteiger partial charge in [0.2, 0.25) is 11.8 Å². The van der Waals surface area contributed by atoms with Gasteiger partial charge in [0.25, 0.3) is 5.69 Å². The zero-order valence-electron chi connectivity index (χ0n) is 11.9. The number of hydrogen-bond donors (Lipinski definition) is 1. The molecule has 0 spiro atoms. The SMILES string of the molecule is CC1=CC[C@@H]2C(=O)N(c3ccc([N+](=O)[O-])cc3O)C(=O)[C@@H]2C1. The summed E-state index contributed by atoms with van der Waals surface area (Å²) in [5.41, 5.74) is 0.778. The van der Waals surface area contributed by atoms with E-state index in [0.29, 0.717) is 12.8 Å². The van der Waals surface area contributed by atoms with Gasteiger partial charge >= 0.3 is 0 Å². The lowest BCUT2D eigenvalue weighted by Gasteiger charge is -2.18. The zero-order chi connectivity index (χ0) is 16.0. The number of carbonyl (C=O) groups excluding carboxylic acids is 2. The second kappa shape index (κ2) is 4.94. The Balaban J connectivity index is 1.98. The molecular formula is C15H14N2O5. The quantitative estimate of drug-likeness (QED) is 0.390. The van der Waals surface area contributed by atoms with Crippen LogP contribution in [0.1, 0.15) is 19.8 Å². The minimum absolute atomic E-state index is 0.00709. The predicted molar refractivity (Wildman–Crippen MR) is 77.2 cm³/mol. The van der Waals surface area contributed by atoms with Gasteiger partial charge < -0.3 is 5.11 Å². The summed E-state index contributed by atoms with van der Waals surface area (Å²) in [6.07, 6.45) is 2.98. The number of benzene rings is 1. The molecule has 1 fully saturated rings. The predicted octanol–water partition coefficient (Wildman–Crippen LogP) is 2.15. The van der Waals surface area contributed by atoms with E-state index in [1.165, 1.54) is 12.1 Å². The molecule has 2 atom stereocenters. The molecule has 1 heterocycles. The maximum atomic E-state index is 12.5. The van der Waals surface area contributed by atoms with Crippen molar-refractivity contribution in [3.63, 3.8) is 0 Å². The lowest BCUT2D eigenvalue weighted by atomic mass is 9.82. The largest absolute Gasteiger partial charge is 0.505 e. The van der Waals surface area contributed by atoms with Gasteiger partial charge in [0.05, 0.1) is 28.5 Å². The summed E-state index contributed by atoms with van der Waals surface area (Å²) in [6.45, 7) is 1.92. The fourth-order valence-electron chi connectivity index (χ4n) is 3.09. The highest BCUT2D eigenvalue weighted by Crippen LogP contribution is 2.42. The monoisotopic (exact) mass is 302 g/mol. The number of phenolic OH excluding ortho intramolecular Hbond substituents is 1. The number of allylic oxidation sites excluding steroid dienone is 2. The molecule has 1 aliphatic carbocycles. The lowest BCUT2D eigenvalue weighted by Crippen LogP contribution is -2.30. The number of aromatic hydroxyl groups is 1. The van der Waals surface area contributed by atoms with Crippen molar-refractivity contribution in [2.75, 3.05) is 4.90 Å². The van der Waals surface area contributed by atoms with Gasteiger partial charge in [0.1, 0.15) is 5.75 Å². The Morgan fingerprint density at radius 2 is 1.95 bits per heavy atom. The van der Waals surface area contributed by atoms with Gasteiger partial charge in [-0.1, -0.05) is 11.6 Å². The van der Waals surface area contributed by atoms with Crippen LogP contribution in [0.3, 0.4) is 0 Å². The average Bonchev–Trinajstić information content (AvgIpc) is 2.71. The molecule has 0 saturated carbocycles. The Bertz CT molecular complexity index is 725. The number of rotatable bonds is 2. The fraction of sp³-hybridized carbons (Fsp3) is 0.333.